The second-order valence-corrected chi connectivity index (χ2v) is 9.14. The first-order valence-corrected chi connectivity index (χ1v) is 11.6. The molecule has 0 saturated heterocycles. The Hall–Kier alpha value is -3.15. The zero-order chi connectivity index (χ0) is 22.4. The van der Waals surface area contributed by atoms with Crippen molar-refractivity contribution in [1.82, 2.24) is 5.09 Å². The summed E-state index contributed by atoms with van der Waals surface area (Å²) in [6.45, 7) is 3.48. The van der Waals surface area contributed by atoms with E-state index < -0.39 is 25.5 Å². The van der Waals surface area contributed by atoms with E-state index >= 15 is 0 Å². The topological polar surface area (TPSA) is 102 Å². The lowest BCUT2D eigenvalue weighted by Gasteiger charge is -2.24. The van der Waals surface area contributed by atoms with Crippen molar-refractivity contribution in [3.63, 3.8) is 0 Å². The Bertz CT molecular complexity index is 1130. The molecule has 7 nitrogen and oxygen atoms in total. The summed E-state index contributed by atoms with van der Waals surface area (Å²) in [6.07, 6.45) is -0.00111. The van der Waals surface area contributed by atoms with Gasteiger partial charge in [0.05, 0.1) is 18.3 Å². The standard InChI is InChI=1S/C23H24NO6P/c1-3-29-23(27)16(2)24-31(28,30-21-7-5-4-6-8-21)15-17-9-10-18-11-12-19(22(25)26)14-20(18)13-17/h4-14,16H,3,15H2,1-2H3,(H,24,28)(H,25,26)/t16-,31?/m0/s1. The first-order chi connectivity index (χ1) is 14.8. The maximum absolute atomic E-state index is 13.7. The molecule has 0 aliphatic carbocycles. The van der Waals surface area contributed by atoms with E-state index in [4.69, 9.17) is 9.26 Å². The van der Waals surface area contributed by atoms with Crippen LogP contribution in [0, 0.1) is 0 Å². The van der Waals surface area contributed by atoms with Crippen LogP contribution >= 0.6 is 7.52 Å². The Balaban J connectivity index is 1.92. The Morgan fingerprint density at radius 3 is 2.42 bits per heavy atom. The van der Waals surface area contributed by atoms with E-state index in [1.54, 1.807) is 62.4 Å². The lowest BCUT2D eigenvalue weighted by atomic mass is 10.0. The Morgan fingerprint density at radius 2 is 1.74 bits per heavy atom. The quantitative estimate of drug-likeness (QED) is 0.361. The number of carboxylic acid groups (broad SMARTS) is 1. The van der Waals surface area contributed by atoms with Crippen LogP contribution in [0.25, 0.3) is 10.8 Å². The largest absolute Gasteiger partial charge is 0.478 e. The lowest BCUT2D eigenvalue weighted by molar-refractivity contribution is -0.144. The van der Waals surface area contributed by atoms with Crippen LogP contribution in [0.2, 0.25) is 0 Å². The molecule has 3 aromatic rings. The van der Waals surface area contributed by atoms with Crippen LogP contribution in [-0.4, -0.2) is 29.7 Å². The van der Waals surface area contributed by atoms with Crippen molar-refractivity contribution in [2.75, 3.05) is 6.61 Å². The van der Waals surface area contributed by atoms with Crippen LogP contribution in [0.4, 0.5) is 0 Å². The zero-order valence-electron chi connectivity index (χ0n) is 17.3. The maximum Gasteiger partial charge on any atom is 0.335 e. The number of rotatable bonds is 9. The summed E-state index contributed by atoms with van der Waals surface area (Å²) in [5.41, 5.74) is 0.847. The molecule has 0 bridgehead atoms. The number of fused-ring (bicyclic) bond motifs is 1. The first kappa shape index (κ1) is 22.5. The number of hydrogen-bond donors (Lipinski definition) is 2. The second kappa shape index (κ2) is 9.77. The molecular formula is C23H24NO6P. The zero-order valence-corrected chi connectivity index (χ0v) is 18.2. The van der Waals surface area contributed by atoms with Crippen LogP contribution < -0.4 is 9.61 Å². The number of nitrogens with one attached hydrogen (secondary N) is 1. The maximum atomic E-state index is 13.7. The SMILES string of the molecule is CCOC(=O)[C@H](C)NP(=O)(Cc1ccc2ccc(C(=O)O)cc2c1)Oc1ccccc1. The first-order valence-electron chi connectivity index (χ1n) is 9.84. The van der Waals surface area contributed by atoms with Gasteiger partial charge in [0.1, 0.15) is 11.8 Å². The molecule has 2 atom stereocenters. The van der Waals surface area contributed by atoms with E-state index in [2.05, 4.69) is 5.09 Å². The molecule has 3 rings (SSSR count). The number of para-hydroxylation sites is 1. The summed E-state index contributed by atoms with van der Waals surface area (Å²) in [5, 5.41) is 13.6. The van der Waals surface area contributed by atoms with Gasteiger partial charge in [-0.2, -0.15) is 0 Å². The normalized spacial score (nSPS) is 13.9. The van der Waals surface area contributed by atoms with Crippen LogP contribution in [0.3, 0.4) is 0 Å². The molecule has 0 fully saturated rings. The fraction of sp³-hybridized carbons (Fsp3) is 0.217. The number of carbonyl (C=O) groups excluding carboxylic acids is 1. The monoisotopic (exact) mass is 441 g/mol. The molecule has 0 heterocycles. The van der Waals surface area contributed by atoms with Gasteiger partial charge >= 0.3 is 19.5 Å². The van der Waals surface area contributed by atoms with Crippen molar-refractivity contribution < 1.29 is 28.5 Å². The summed E-state index contributed by atoms with van der Waals surface area (Å²) in [6, 6.07) is 18.1. The van der Waals surface area contributed by atoms with Crippen LogP contribution in [-0.2, 0) is 20.3 Å². The number of carboxylic acids is 1. The highest BCUT2D eigenvalue weighted by molar-refractivity contribution is 7.56. The van der Waals surface area contributed by atoms with E-state index in [1.165, 1.54) is 6.07 Å². The molecule has 2 N–H and O–H groups in total. The minimum absolute atomic E-state index is 0.00111. The third-order valence-electron chi connectivity index (χ3n) is 4.57. The van der Waals surface area contributed by atoms with Crippen LogP contribution in [0.15, 0.2) is 66.7 Å². The molecular weight excluding hydrogens is 417 g/mol. The third kappa shape index (κ3) is 5.94. The van der Waals surface area contributed by atoms with Crippen molar-refractivity contribution in [1.29, 1.82) is 0 Å². The highest BCUT2D eigenvalue weighted by atomic mass is 31.2. The number of esters is 1. The van der Waals surface area contributed by atoms with E-state index in [0.717, 1.165) is 5.39 Å². The number of hydrogen-bond acceptors (Lipinski definition) is 5. The molecule has 0 radical (unpaired) electrons. The van der Waals surface area contributed by atoms with Crippen molar-refractivity contribution in [2.45, 2.75) is 26.1 Å². The average molecular weight is 441 g/mol. The van der Waals surface area contributed by atoms with Gasteiger partial charge in [0.15, 0.2) is 0 Å². The van der Waals surface area contributed by atoms with Crippen LogP contribution in [0.5, 0.6) is 5.75 Å². The van der Waals surface area contributed by atoms with Gasteiger partial charge in [-0.05, 0) is 54.4 Å². The van der Waals surface area contributed by atoms with E-state index in [0.29, 0.717) is 16.7 Å². The van der Waals surface area contributed by atoms with Gasteiger partial charge < -0.3 is 14.4 Å². The molecule has 1 unspecified atom stereocenters. The van der Waals surface area contributed by atoms with Crippen molar-refractivity contribution in [3.8, 4) is 5.75 Å². The minimum Gasteiger partial charge on any atom is -0.478 e. The molecule has 8 heteroatoms. The van der Waals surface area contributed by atoms with E-state index in [1.807, 2.05) is 12.1 Å². The van der Waals surface area contributed by atoms with E-state index in [9.17, 15) is 19.3 Å². The summed E-state index contributed by atoms with van der Waals surface area (Å²) in [5.74, 6) is -1.14. The highest BCUT2D eigenvalue weighted by Gasteiger charge is 2.30. The molecule has 0 aromatic heterocycles. The molecule has 0 spiro atoms. The van der Waals surface area contributed by atoms with Gasteiger partial charge in [-0.3, -0.25) is 9.36 Å². The lowest BCUT2D eigenvalue weighted by Crippen LogP contribution is -2.34. The van der Waals surface area contributed by atoms with Crippen LogP contribution in [0.1, 0.15) is 29.8 Å². The third-order valence-corrected chi connectivity index (χ3v) is 6.64. The summed E-state index contributed by atoms with van der Waals surface area (Å²) < 4.78 is 24.6. The number of aromatic carboxylic acids is 1. The van der Waals surface area contributed by atoms with Gasteiger partial charge in [0, 0.05) is 0 Å². The Labute approximate surface area is 180 Å². The molecule has 31 heavy (non-hydrogen) atoms. The summed E-state index contributed by atoms with van der Waals surface area (Å²) in [4.78, 5) is 23.4. The molecule has 0 aliphatic rings. The number of ether oxygens (including phenoxy) is 1. The minimum atomic E-state index is -3.57. The van der Waals surface area contributed by atoms with Gasteiger partial charge in [-0.1, -0.05) is 42.5 Å². The fourth-order valence-electron chi connectivity index (χ4n) is 3.14. The predicted octanol–water partition coefficient (Wildman–Crippen LogP) is 4.85. The molecule has 3 aromatic carbocycles. The summed E-state index contributed by atoms with van der Waals surface area (Å²) in [7, 11) is -3.57. The predicted molar refractivity (Wildman–Crippen MR) is 119 cm³/mol. The molecule has 0 saturated carbocycles. The van der Waals surface area contributed by atoms with Crippen molar-refractivity contribution in [2.24, 2.45) is 0 Å². The smallest absolute Gasteiger partial charge is 0.335 e. The molecule has 162 valence electrons. The fourth-order valence-corrected chi connectivity index (χ4v) is 5.18. The Morgan fingerprint density at radius 1 is 1.03 bits per heavy atom. The summed E-state index contributed by atoms with van der Waals surface area (Å²) >= 11 is 0. The number of benzene rings is 3. The Kier molecular flexibility index (Phi) is 7.10. The molecule has 0 amide bonds. The number of carbonyl (C=O) groups is 2. The van der Waals surface area contributed by atoms with Gasteiger partial charge in [-0.15, -0.1) is 0 Å². The highest BCUT2D eigenvalue weighted by Crippen LogP contribution is 2.47. The van der Waals surface area contributed by atoms with E-state index in [-0.39, 0.29) is 18.3 Å². The average Bonchev–Trinajstić information content (AvgIpc) is 2.73. The van der Waals surface area contributed by atoms with Crippen molar-refractivity contribution >= 4 is 30.2 Å². The van der Waals surface area contributed by atoms with Crippen molar-refractivity contribution in [3.05, 3.63) is 77.9 Å². The molecule has 0 aliphatic heterocycles. The second-order valence-electron chi connectivity index (χ2n) is 7.04. The van der Waals surface area contributed by atoms with Gasteiger partial charge in [-0.25, -0.2) is 9.88 Å². The van der Waals surface area contributed by atoms with Gasteiger partial charge in [0.2, 0.25) is 0 Å². The van der Waals surface area contributed by atoms with Gasteiger partial charge in [0.25, 0.3) is 0 Å².